The summed E-state index contributed by atoms with van der Waals surface area (Å²) in [5.74, 6) is 3.52. The highest BCUT2D eigenvalue weighted by molar-refractivity contribution is 5.94. The zero-order valence-electron chi connectivity index (χ0n) is 18.2. The van der Waals surface area contributed by atoms with Crippen molar-refractivity contribution in [3.05, 3.63) is 59.7 Å². The molecule has 4 aliphatic carbocycles. The molecule has 2 aromatic rings. The van der Waals surface area contributed by atoms with Gasteiger partial charge in [0.05, 0.1) is 0 Å². The summed E-state index contributed by atoms with van der Waals surface area (Å²) in [5, 5.41) is 3.04. The lowest BCUT2D eigenvalue weighted by Crippen LogP contribution is -2.48. The molecule has 4 saturated carbocycles. The lowest BCUT2D eigenvalue weighted by atomic mass is 9.48. The van der Waals surface area contributed by atoms with Crippen LogP contribution in [0, 0.1) is 17.8 Å². The minimum Gasteiger partial charge on any atom is -0.481 e. The van der Waals surface area contributed by atoms with Crippen molar-refractivity contribution >= 4 is 11.6 Å². The number of hydrogen-bond donors (Lipinski definition) is 1. The second kappa shape index (κ2) is 7.76. The van der Waals surface area contributed by atoms with Crippen LogP contribution in [0.15, 0.2) is 48.5 Å². The molecule has 3 nitrogen and oxygen atoms in total. The molecule has 30 heavy (non-hydrogen) atoms. The quantitative estimate of drug-likeness (QED) is 0.631. The molecular weight excluding hydrogens is 370 g/mol. The molecule has 1 amide bonds. The molecule has 1 N–H and O–H groups in total. The Kier molecular flexibility index (Phi) is 5.08. The Morgan fingerprint density at radius 2 is 1.60 bits per heavy atom. The first kappa shape index (κ1) is 19.7. The van der Waals surface area contributed by atoms with Crippen LogP contribution < -0.4 is 10.1 Å². The molecule has 0 spiro atoms. The first-order chi connectivity index (χ1) is 14.5. The standard InChI is InChI=1S/C27H33NO2/c1-3-22-6-4-5-7-25(22)30-18(2)26(29)28-24-10-8-23(9-11-24)27-15-19-12-20(16-27)14-21(13-19)17-27/h4-11,18-21H,3,12-17H2,1-2H3,(H,28,29)/t18-,19?,20?,21?,27?/m0/s1. The van der Waals surface area contributed by atoms with Crippen LogP contribution in [-0.2, 0) is 16.6 Å². The normalized spacial score (nSPS) is 30.1. The van der Waals surface area contributed by atoms with E-state index in [9.17, 15) is 4.79 Å². The monoisotopic (exact) mass is 403 g/mol. The molecule has 1 atom stereocenters. The maximum Gasteiger partial charge on any atom is 0.265 e. The van der Waals surface area contributed by atoms with Gasteiger partial charge in [-0.05, 0) is 104 Å². The Morgan fingerprint density at radius 1 is 1.00 bits per heavy atom. The molecule has 0 unspecified atom stereocenters. The minimum absolute atomic E-state index is 0.108. The Morgan fingerprint density at radius 3 is 2.20 bits per heavy atom. The van der Waals surface area contributed by atoms with Crippen molar-refractivity contribution in [2.75, 3.05) is 5.32 Å². The van der Waals surface area contributed by atoms with E-state index in [-0.39, 0.29) is 5.91 Å². The molecule has 0 heterocycles. The zero-order chi connectivity index (χ0) is 20.7. The minimum atomic E-state index is -0.541. The Hall–Kier alpha value is -2.29. The van der Waals surface area contributed by atoms with Gasteiger partial charge in [0, 0.05) is 5.69 Å². The van der Waals surface area contributed by atoms with E-state index in [1.807, 2.05) is 31.2 Å². The number of anilines is 1. The number of carbonyl (C=O) groups excluding carboxylic acids is 1. The topological polar surface area (TPSA) is 38.3 Å². The number of para-hydroxylation sites is 1. The average Bonchev–Trinajstić information content (AvgIpc) is 2.73. The Balaban J connectivity index is 1.24. The third kappa shape index (κ3) is 3.64. The number of nitrogens with one attached hydrogen (secondary N) is 1. The van der Waals surface area contributed by atoms with E-state index in [2.05, 4.69) is 36.5 Å². The molecule has 0 aromatic heterocycles. The van der Waals surface area contributed by atoms with Crippen LogP contribution in [0.4, 0.5) is 5.69 Å². The van der Waals surface area contributed by atoms with Crippen LogP contribution in [-0.4, -0.2) is 12.0 Å². The number of hydrogen-bond acceptors (Lipinski definition) is 2. The van der Waals surface area contributed by atoms with Crippen molar-refractivity contribution < 1.29 is 9.53 Å². The van der Waals surface area contributed by atoms with E-state index in [1.54, 1.807) is 0 Å². The lowest BCUT2D eigenvalue weighted by molar-refractivity contribution is -0.122. The SMILES string of the molecule is CCc1ccccc1O[C@@H](C)C(=O)Nc1ccc(C23CC4CC(CC(C4)C2)C3)cc1. The van der Waals surface area contributed by atoms with Crippen molar-refractivity contribution in [2.45, 2.75) is 70.3 Å². The smallest absolute Gasteiger partial charge is 0.265 e. The molecule has 4 fully saturated rings. The summed E-state index contributed by atoms with van der Waals surface area (Å²) >= 11 is 0. The van der Waals surface area contributed by atoms with Crippen molar-refractivity contribution in [1.82, 2.24) is 0 Å². The summed E-state index contributed by atoms with van der Waals surface area (Å²) in [6.45, 7) is 3.91. The molecule has 0 saturated heterocycles. The highest BCUT2D eigenvalue weighted by Crippen LogP contribution is 2.60. The van der Waals surface area contributed by atoms with E-state index in [0.29, 0.717) is 5.41 Å². The van der Waals surface area contributed by atoms with Crippen LogP contribution in [0.1, 0.15) is 63.5 Å². The van der Waals surface area contributed by atoms with Gasteiger partial charge >= 0.3 is 0 Å². The highest BCUT2D eigenvalue weighted by Gasteiger charge is 2.51. The van der Waals surface area contributed by atoms with E-state index >= 15 is 0 Å². The first-order valence-corrected chi connectivity index (χ1v) is 11.7. The summed E-state index contributed by atoms with van der Waals surface area (Å²) in [7, 11) is 0. The fourth-order valence-corrected chi connectivity index (χ4v) is 6.77. The lowest BCUT2D eigenvalue weighted by Gasteiger charge is -2.57. The van der Waals surface area contributed by atoms with Crippen LogP contribution in [0.25, 0.3) is 0 Å². The summed E-state index contributed by atoms with van der Waals surface area (Å²) in [6.07, 6.45) is 8.84. The van der Waals surface area contributed by atoms with Gasteiger partial charge < -0.3 is 10.1 Å². The van der Waals surface area contributed by atoms with Gasteiger partial charge in [-0.1, -0.05) is 37.3 Å². The third-order valence-corrected chi connectivity index (χ3v) is 7.83. The molecule has 6 rings (SSSR count). The number of ether oxygens (including phenoxy) is 1. The Labute approximate surface area is 180 Å². The second-order valence-corrected chi connectivity index (χ2v) is 9.99. The molecule has 2 aromatic carbocycles. The van der Waals surface area contributed by atoms with Crippen LogP contribution in [0.5, 0.6) is 5.75 Å². The summed E-state index contributed by atoms with van der Waals surface area (Å²) < 4.78 is 5.95. The predicted octanol–water partition coefficient (Wildman–Crippen LogP) is 6.12. The van der Waals surface area contributed by atoms with E-state index in [0.717, 1.165) is 41.2 Å². The molecule has 158 valence electrons. The van der Waals surface area contributed by atoms with Gasteiger partial charge in [0.1, 0.15) is 5.75 Å². The van der Waals surface area contributed by atoms with Crippen molar-refractivity contribution in [3.8, 4) is 5.75 Å². The average molecular weight is 404 g/mol. The third-order valence-electron chi connectivity index (χ3n) is 7.83. The summed E-state index contributed by atoms with van der Waals surface area (Å²) in [4.78, 5) is 12.7. The first-order valence-electron chi connectivity index (χ1n) is 11.7. The van der Waals surface area contributed by atoms with Gasteiger partial charge in [0.2, 0.25) is 0 Å². The molecule has 4 bridgehead atoms. The summed E-state index contributed by atoms with van der Waals surface area (Å²) in [6, 6.07) is 16.6. The molecule has 3 heteroatoms. The molecular formula is C27H33NO2. The number of carbonyl (C=O) groups is 1. The van der Waals surface area contributed by atoms with Crippen molar-refractivity contribution in [2.24, 2.45) is 17.8 Å². The molecule has 4 aliphatic rings. The van der Waals surface area contributed by atoms with Crippen molar-refractivity contribution in [1.29, 1.82) is 0 Å². The Bertz CT molecular complexity index is 881. The van der Waals surface area contributed by atoms with Crippen LogP contribution in [0.2, 0.25) is 0 Å². The number of amides is 1. The van der Waals surface area contributed by atoms with Crippen LogP contribution >= 0.6 is 0 Å². The predicted molar refractivity (Wildman–Crippen MR) is 121 cm³/mol. The number of rotatable bonds is 6. The molecule has 0 radical (unpaired) electrons. The van der Waals surface area contributed by atoms with Gasteiger partial charge in [0.15, 0.2) is 6.10 Å². The summed E-state index contributed by atoms with van der Waals surface area (Å²) in [5.41, 5.74) is 3.86. The van der Waals surface area contributed by atoms with Gasteiger partial charge in [-0.2, -0.15) is 0 Å². The van der Waals surface area contributed by atoms with E-state index < -0.39 is 6.10 Å². The van der Waals surface area contributed by atoms with Gasteiger partial charge in [0.25, 0.3) is 5.91 Å². The van der Waals surface area contributed by atoms with E-state index in [4.69, 9.17) is 4.74 Å². The second-order valence-electron chi connectivity index (χ2n) is 9.99. The van der Waals surface area contributed by atoms with E-state index in [1.165, 1.54) is 44.1 Å². The largest absolute Gasteiger partial charge is 0.481 e. The fourth-order valence-electron chi connectivity index (χ4n) is 6.77. The zero-order valence-corrected chi connectivity index (χ0v) is 18.2. The van der Waals surface area contributed by atoms with Gasteiger partial charge in [-0.15, -0.1) is 0 Å². The maximum atomic E-state index is 12.7. The van der Waals surface area contributed by atoms with Crippen molar-refractivity contribution in [3.63, 3.8) is 0 Å². The number of aryl methyl sites for hydroxylation is 1. The van der Waals surface area contributed by atoms with Crippen LogP contribution in [0.3, 0.4) is 0 Å². The maximum absolute atomic E-state index is 12.7. The fraction of sp³-hybridized carbons (Fsp3) is 0.519. The van der Waals surface area contributed by atoms with Gasteiger partial charge in [-0.25, -0.2) is 0 Å². The highest BCUT2D eigenvalue weighted by atomic mass is 16.5. The number of benzene rings is 2. The van der Waals surface area contributed by atoms with Gasteiger partial charge in [-0.3, -0.25) is 4.79 Å². The molecule has 0 aliphatic heterocycles.